The molecule has 1 heterocycles. The van der Waals surface area contributed by atoms with Crippen LogP contribution in [0.5, 0.6) is 0 Å². The predicted octanol–water partition coefficient (Wildman–Crippen LogP) is 0.761. The summed E-state index contributed by atoms with van der Waals surface area (Å²) >= 11 is 0. The van der Waals surface area contributed by atoms with Crippen molar-refractivity contribution < 1.29 is 5.11 Å². The van der Waals surface area contributed by atoms with Crippen molar-refractivity contribution in [3.05, 3.63) is 0 Å². The number of likely N-dealkylation sites (N-methyl/N-ethyl adjacent to an activating group) is 1. The lowest BCUT2D eigenvalue weighted by Crippen LogP contribution is -2.46. The lowest BCUT2D eigenvalue weighted by Gasteiger charge is -2.28. The van der Waals surface area contributed by atoms with Crippen molar-refractivity contribution in [1.29, 1.82) is 0 Å². The molecule has 1 aliphatic rings. The van der Waals surface area contributed by atoms with Gasteiger partial charge in [0, 0.05) is 31.2 Å². The Hall–Kier alpha value is -0.160. The minimum absolute atomic E-state index is 0.209. The Morgan fingerprint density at radius 2 is 2.00 bits per heavy atom. The van der Waals surface area contributed by atoms with Gasteiger partial charge in [0.1, 0.15) is 0 Å². The first-order valence-corrected chi connectivity index (χ1v) is 7.43. The molecular weight excluding hydrogens is 226 g/mol. The topological polar surface area (TPSA) is 38.7 Å². The molecule has 0 amide bonds. The Balaban J connectivity index is 2.36. The molecule has 4 nitrogen and oxygen atoms in total. The normalized spacial score (nSPS) is 23.2. The average molecular weight is 257 g/mol. The standard InChI is InChI=1S/C14H31N3O/c1-5-17(6-2)14-7-8-16(10-14)9-13(11-18)15-12(3)4/h12-15,18H,5-11H2,1-4H3. The van der Waals surface area contributed by atoms with E-state index < -0.39 is 0 Å². The van der Waals surface area contributed by atoms with E-state index in [-0.39, 0.29) is 12.6 Å². The van der Waals surface area contributed by atoms with Gasteiger partial charge in [0.2, 0.25) is 0 Å². The van der Waals surface area contributed by atoms with Gasteiger partial charge in [-0.1, -0.05) is 27.7 Å². The van der Waals surface area contributed by atoms with Gasteiger partial charge in [-0.3, -0.25) is 4.90 Å². The number of rotatable bonds is 8. The molecule has 2 unspecified atom stereocenters. The summed E-state index contributed by atoms with van der Waals surface area (Å²) in [6, 6.07) is 1.35. The zero-order chi connectivity index (χ0) is 13.5. The fourth-order valence-corrected chi connectivity index (χ4v) is 2.96. The van der Waals surface area contributed by atoms with Gasteiger partial charge in [-0.25, -0.2) is 0 Å². The molecule has 0 aromatic heterocycles. The summed E-state index contributed by atoms with van der Waals surface area (Å²) in [6.07, 6.45) is 1.27. The molecule has 18 heavy (non-hydrogen) atoms. The minimum atomic E-state index is 0.209. The fourth-order valence-electron chi connectivity index (χ4n) is 2.96. The van der Waals surface area contributed by atoms with E-state index in [1.165, 1.54) is 6.42 Å². The van der Waals surface area contributed by atoms with Crippen molar-refractivity contribution in [2.45, 2.75) is 52.2 Å². The highest BCUT2D eigenvalue weighted by Gasteiger charge is 2.27. The summed E-state index contributed by atoms with van der Waals surface area (Å²) in [4.78, 5) is 5.03. The minimum Gasteiger partial charge on any atom is -0.395 e. The zero-order valence-corrected chi connectivity index (χ0v) is 12.5. The highest BCUT2D eigenvalue weighted by Crippen LogP contribution is 2.15. The number of likely N-dealkylation sites (tertiary alicyclic amines) is 1. The number of nitrogens with one attached hydrogen (secondary N) is 1. The molecule has 0 aromatic carbocycles. The van der Waals surface area contributed by atoms with Crippen LogP contribution in [-0.4, -0.2) is 72.4 Å². The third-order valence-electron chi connectivity index (χ3n) is 3.84. The van der Waals surface area contributed by atoms with Crippen molar-refractivity contribution in [1.82, 2.24) is 15.1 Å². The molecule has 1 aliphatic heterocycles. The molecule has 0 spiro atoms. The van der Waals surface area contributed by atoms with Crippen molar-refractivity contribution in [3.8, 4) is 0 Å². The van der Waals surface area contributed by atoms with Gasteiger partial charge in [0.25, 0.3) is 0 Å². The lowest BCUT2D eigenvalue weighted by molar-refractivity contribution is 0.175. The number of aliphatic hydroxyl groups is 1. The second kappa shape index (κ2) is 8.10. The summed E-state index contributed by atoms with van der Waals surface area (Å²) in [5, 5.41) is 12.8. The van der Waals surface area contributed by atoms with Crippen LogP contribution in [0.1, 0.15) is 34.1 Å². The molecule has 0 aliphatic carbocycles. The fraction of sp³-hybridized carbons (Fsp3) is 1.00. The smallest absolute Gasteiger partial charge is 0.0597 e. The van der Waals surface area contributed by atoms with Crippen molar-refractivity contribution in [2.24, 2.45) is 0 Å². The number of hydrogen-bond donors (Lipinski definition) is 2. The van der Waals surface area contributed by atoms with Crippen molar-refractivity contribution >= 4 is 0 Å². The molecule has 1 fully saturated rings. The van der Waals surface area contributed by atoms with E-state index in [0.717, 1.165) is 32.7 Å². The first-order chi connectivity index (χ1) is 8.60. The summed E-state index contributed by atoms with van der Waals surface area (Å²) in [6.45, 7) is 14.5. The molecular formula is C14H31N3O. The molecule has 0 bridgehead atoms. The molecule has 2 N–H and O–H groups in total. The molecule has 1 saturated heterocycles. The molecule has 1 rings (SSSR count). The second-order valence-corrected chi connectivity index (χ2v) is 5.62. The van der Waals surface area contributed by atoms with Gasteiger partial charge in [0.05, 0.1) is 6.61 Å². The van der Waals surface area contributed by atoms with Crippen LogP contribution in [0.2, 0.25) is 0 Å². The second-order valence-electron chi connectivity index (χ2n) is 5.62. The SMILES string of the molecule is CCN(CC)C1CCN(CC(CO)NC(C)C)C1. The van der Waals surface area contributed by atoms with Gasteiger partial charge in [-0.2, -0.15) is 0 Å². The van der Waals surface area contributed by atoms with Gasteiger partial charge in [0.15, 0.2) is 0 Å². The van der Waals surface area contributed by atoms with E-state index in [2.05, 4.69) is 42.8 Å². The summed E-state index contributed by atoms with van der Waals surface area (Å²) in [7, 11) is 0. The summed E-state index contributed by atoms with van der Waals surface area (Å²) in [5.41, 5.74) is 0. The third-order valence-corrected chi connectivity index (χ3v) is 3.84. The van der Waals surface area contributed by atoms with Gasteiger partial charge in [-0.05, 0) is 26.1 Å². The van der Waals surface area contributed by atoms with Crippen molar-refractivity contribution in [3.63, 3.8) is 0 Å². The molecule has 0 aromatic rings. The van der Waals surface area contributed by atoms with E-state index in [1.807, 2.05) is 0 Å². The number of nitrogens with zero attached hydrogens (tertiary/aromatic N) is 2. The predicted molar refractivity (Wildman–Crippen MR) is 76.9 cm³/mol. The average Bonchev–Trinajstić information content (AvgIpc) is 2.78. The molecule has 108 valence electrons. The highest BCUT2D eigenvalue weighted by molar-refractivity contribution is 4.85. The molecule has 0 saturated carbocycles. The first kappa shape index (κ1) is 15.9. The van der Waals surface area contributed by atoms with Crippen LogP contribution in [0.25, 0.3) is 0 Å². The highest BCUT2D eigenvalue weighted by atomic mass is 16.3. The van der Waals surface area contributed by atoms with Crippen LogP contribution in [0, 0.1) is 0 Å². The Labute approximate surface area is 112 Å². The van der Waals surface area contributed by atoms with Gasteiger partial charge >= 0.3 is 0 Å². The van der Waals surface area contributed by atoms with E-state index in [9.17, 15) is 5.11 Å². The van der Waals surface area contributed by atoms with E-state index in [0.29, 0.717) is 12.1 Å². The van der Waals surface area contributed by atoms with E-state index in [4.69, 9.17) is 0 Å². The van der Waals surface area contributed by atoms with Crippen LogP contribution in [0.4, 0.5) is 0 Å². The Kier molecular flexibility index (Phi) is 7.15. The maximum Gasteiger partial charge on any atom is 0.0597 e. The quantitative estimate of drug-likeness (QED) is 0.673. The van der Waals surface area contributed by atoms with E-state index >= 15 is 0 Å². The summed E-state index contributed by atoms with van der Waals surface area (Å²) in [5.74, 6) is 0. The van der Waals surface area contributed by atoms with Gasteiger partial charge in [-0.15, -0.1) is 0 Å². The van der Waals surface area contributed by atoms with Crippen LogP contribution in [0.15, 0.2) is 0 Å². The maximum absolute atomic E-state index is 9.40. The van der Waals surface area contributed by atoms with Crippen molar-refractivity contribution in [2.75, 3.05) is 39.3 Å². The summed E-state index contributed by atoms with van der Waals surface area (Å²) < 4.78 is 0. The van der Waals surface area contributed by atoms with Crippen LogP contribution in [-0.2, 0) is 0 Å². The number of hydrogen-bond acceptors (Lipinski definition) is 4. The monoisotopic (exact) mass is 257 g/mol. The van der Waals surface area contributed by atoms with Crippen LogP contribution < -0.4 is 5.32 Å². The third kappa shape index (κ3) is 4.84. The van der Waals surface area contributed by atoms with E-state index in [1.54, 1.807) is 0 Å². The number of aliphatic hydroxyl groups excluding tert-OH is 1. The Morgan fingerprint density at radius 3 is 2.50 bits per heavy atom. The molecule has 4 heteroatoms. The van der Waals surface area contributed by atoms with Gasteiger partial charge < -0.3 is 15.3 Å². The molecule has 2 atom stereocenters. The molecule has 0 radical (unpaired) electrons. The first-order valence-electron chi connectivity index (χ1n) is 7.43. The lowest BCUT2D eigenvalue weighted by atomic mass is 10.2. The Morgan fingerprint density at radius 1 is 1.33 bits per heavy atom. The largest absolute Gasteiger partial charge is 0.395 e. The maximum atomic E-state index is 9.40. The van der Waals surface area contributed by atoms with Crippen LogP contribution in [0.3, 0.4) is 0 Å². The van der Waals surface area contributed by atoms with Crippen LogP contribution >= 0.6 is 0 Å². The Bertz CT molecular complexity index is 219. The zero-order valence-electron chi connectivity index (χ0n) is 12.5.